The molecule has 5 heteroatoms. The SMILES string of the molecule is CCNc1nc(-c2cc(F)cc(Br)c2)nc(CC)c1C. The molecule has 0 aliphatic rings. The van der Waals surface area contributed by atoms with Crippen LogP contribution in [0.1, 0.15) is 25.1 Å². The van der Waals surface area contributed by atoms with Gasteiger partial charge in [0.2, 0.25) is 0 Å². The van der Waals surface area contributed by atoms with Gasteiger partial charge in [0.15, 0.2) is 5.82 Å². The van der Waals surface area contributed by atoms with E-state index in [1.165, 1.54) is 12.1 Å². The summed E-state index contributed by atoms with van der Waals surface area (Å²) in [6.07, 6.45) is 0.816. The number of anilines is 1. The minimum atomic E-state index is -0.304. The molecule has 0 radical (unpaired) electrons. The molecule has 1 heterocycles. The van der Waals surface area contributed by atoms with Crippen LogP contribution in [0.3, 0.4) is 0 Å². The Morgan fingerprint density at radius 2 is 1.95 bits per heavy atom. The lowest BCUT2D eigenvalue weighted by Crippen LogP contribution is -2.07. The largest absolute Gasteiger partial charge is 0.370 e. The van der Waals surface area contributed by atoms with Crippen molar-refractivity contribution in [2.45, 2.75) is 27.2 Å². The van der Waals surface area contributed by atoms with Crippen LogP contribution in [0, 0.1) is 12.7 Å². The van der Waals surface area contributed by atoms with Gasteiger partial charge in [-0.25, -0.2) is 14.4 Å². The molecule has 0 spiro atoms. The second-order valence-electron chi connectivity index (χ2n) is 4.51. The third kappa shape index (κ3) is 3.15. The highest BCUT2D eigenvalue weighted by molar-refractivity contribution is 9.10. The molecule has 1 aromatic carbocycles. The number of nitrogens with zero attached hydrogens (tertiary/aromatic N) is 2. The number of hydrogen-bond acceptors (Lipinski definition) is 3. The maximum atomic E-state index is 13.5. The van der Waals surface area contributed by atoms with Gasteiger partial charge in [-0.3, -0.25) is 0 Å². The molecular weight excluding hydrogens is 321 g/mol. The fourth-order valence-electron chi connectivity index (χ4n) is 2.06. The predicted molar refractivity (Wildman–Crippen MR) is 83.4 cm³/mol. The molecule has 0 fully saturated rings. The molecular formula is C15H17BrFN3. The molecule has 1 aromatic heterocycles. The van der Waals surface area contributed by atoms with E-state index in [1.54, 1.807) is 0 Å². The van der Waals surface area contributed by atoms with E-state index in [9.17, 15) is 4.39 Å². The molecule has 0 aliphatic carbocycles. The van der Waals surface area contributed by atoms with Gasteiger partial charge in [-0.15, -0.1) is 0 Å². The Kier molecular flexibility index (Phi) is 4.70. The highest BCUT2D eigenvalue weighted by atomic mass is 79.9. The average Bonchev–Trinajstić information content (AvgIpc) is 2.40. The summed E-state index contributed by atoms with van der Waals surface area (Å²) in [5.74, 6) is 1.06. The first kappa shape index (κ1) is 14.9. The van der Waals surface area contributed by atoms with E-state index in [4.69, 9.17) is 0 Å². The van der Waals surface area contributed by atoms with Gasteiger partial charge >= 0.3 is 0 Å². The normalized spacial score (nSPS) is 10.7. The van der Waals surface area contributed by atoms with Gasteiger partial charge in [-0.2, -0.15) is 0 Å². The van der Waals surface area contributed by atoms with Crippen molar-refractivity contribution in [2.24, 2.45) is 0 Å². The topological polar surface area (TPSA) is 37.8 Å². The van der Waals surface area contributed by atoms with Crippen LogP contribution in [0.4, 0.5) is 10.2 Å². The van der Waals surface area contributed by atoms with Crippen LogP contribution in [-0.4, -0.2) is 16.5 Å². The van der Waals surface area contributed by atoms with Crippen LogP contribution in [0.25, 0.3) is 11.4 Å². The fraction of sp³-hybridized carbons (Fsp3) is 0.333. The van der Waals surface area contributed by atoms with Crippen LogP contribution >= 0.6 is 15.9 Å². The van der Waals surface area contributed by atoms with Crippen LogP contribution in [-0.2, 0) is 6.42 Å². The Labute approximate surface area is 126 Å². The van der Waals surface area contributed by atoms with Crippen molar-refractivity contribution in [1.82, 2.24) is 9.97 Å². The van der Waals surface area contributed by atoms with E-state index in [-0.39, 0.29) is 5.82 Å². The van der Waals surface area contributed by atoms with Gasteiger partial charge < -0.3 is 5.32 Å². The average molecular weight is 338 g/mol. The van der Waals surface area contributed by atoms with E-state index in [0.29, 0.717) is 15.9 Å². The van der Waals surface area contributed by atoms with Crippen molar-refractivity contribution in [2.75, 3.05) is 11.9 Å². The van der Waals surface area contributed by atoms with Crippen LogP contribution in [0.5, 0.6) is 0 Å². The number of halogens is 2. The van der Waals surface area contributed by atoms with E-state index >= 15 is 0 Å². The molecule has 0 aliphatic heterocycles. The number of nitrogens with one attached hydrogen (secondary N) is 1. The summed E-state index contributed by atoms with van der Waals surface area (Å²) in [5, 5.41) is 3.23. The molecule has 0 saturated carbocycles. The zero-order valence-electron chi connectivity index (χ0n) is 11.8. The van der Waals surface area contributed by atoms with Crippen LogP contribution in [0.15, 0.2) is 22.7 Å². The number of rotatable bonds is 4. The molecule has 0 bridgehead atoms. The maximum absolute atomic E-state index is 13.5. The van der Waals surface area contributed by atoms with E-state index in [1.807, 2.05) is 19.9 Å². The first-order valence-corrected chi connectivity index (χ1v) is 7.42. The summed E-state index contributed by atoms with van der Waals surface area (Å²) in [4.78, 5) is 9.06. The van der Waals surface area contributed by atoms with Gasteiger partial charge in [0, 0.05) is 27.8 Å². The molecule has 0 saturated heterocycles. The van der Waals surface area contributed by atoms with Gasteiger partial charge in [-0.1, -0.05) is 22.9 Å². The molecule has 3 nitrogen and oxygen atoms in total. The zero-order chi connectivity index (χ0) is 14.7. The second-order valence-corrected chi connectivity index (χ2v) is 5.43. The summed E-state index contributed by atoms with van der Waals surface area (Å²) in [6.45, 7) is 6.86. The lowest BCUT2D eigenvalue weighted by atomic mass is 10.1. The molecule has 0 atom stereocenters. The number of benzene rings is 1. The van der Waals surface area contributed by atoms with E-state index in [2.05, 4.69) is 38.1 Å². The minimum Gasteiger partial charge on any atom is -0.370 e. The number of hydrogen-bond donors (Lipinski definition) is 1. The summed E-state index contributed by atoms with van der Waals surface area (Å²) < 4.78 is 14.2. The Morgan fingerprint density at radius 3 is 2.55 bits per heavy atom. The van der Waals surface area contributed by atoms with Crippen molar-refractivity contribution in [3.63, 3.8) is 0 Å². The Hall–Kier alpha value is -1.49. The van der Waals surface area contributed by atoms with Gasteiger partial charge in [0.25, 0.3) is 0 Å². The third-order valence-electron chi connectivity index (χ3n) is 3.05. The number of aromatic nitrogens is 2. The van der Waals surface area contributed by atoms with Crippen molar-refractivity contribution >= 4 is 21.7 Å². The zero-order valence-corrected chi connectivity index (χ0v) is 13.4. The fourth-order valence-corrected chi connectivity index (χ4v) is 2.52. The Bertz CT molecular complexity index is 609. The van der Waals surface area contributed by atoms with Gasteiger partial charge in [-0.05, 0) is 38.5 Å². The number of aryl methyl sites for hydroxylation is 1. The van der Waals surface area contributed by atoms with Crippen LogP contribution in [0.2, 0.25) is 0 Å². The van der Waals surface area contributed by atoms with Crippen LogP contribution < -0.4 is 5.32 Å². The molecule has 0 amide bonds. The smallest absolute Gasteiger partial charge is 0.161 e. The standard InChI is InChI=1S/C15H17BrFN3/c1-4-13-9(3)14(18-5-2)20-15(19-13)10-6-11(16)8-12(17)7-10/h6-8H,4-5H2,1-3H3,(H,18,19,20). The molecule has 0 unspecified atom stereocenters. The van der Waals surface area contributed by atoms with Crippen molar-refractivity contribution in [3.8, 4) is 11.4 Å². The lowest BCUT2D eigenvalue weighted by Gasteiger charge is -2.12. The van der Waals surface area contributed by atoms with Crippen molar-refractivity contribution < 1.29 is 4.39 Å². The van der Waals surface area contributed by atoms with E-state index in [0.717, 1.165) is 30.0 Å². The highest BCUT2D eigenvalue weighted by Gasteiger charge is 2.12. The third-order valence-corrected chi connectivity index (χ3v) is 3.50. The van der Waals surface area contributed by atoms with Gasteiger partial charge in [0.05, 0.1) is 0 Å². The summed E-state index contributed by atoms with van der Waals surface area (Å²) in [7, 11) is 0. The first-order valence-electron chi connectivity index (χ1n) is 6.63. The first-order chi connectivity index (χ1) is 9.55. The maximum Gasteiger partial charge on any atom is 0.161 e. The molecule has 106 valence electrons. The Morgan fingerprint density at radius 1 is 1.20 bits per heavy atom. The Balaban J connectivity index is 2.58. The minimum absolute atomic E-state index is 0.304. The predicted octanol–water partition coefficient (Wildman–Crippen LogP) is 4.35. The summed E-state index contributed by atoms with van der Waals surface area (Å²) in [5.41, 5.74) is 2.70. The monoisotopic (exact) mass is 337 g/mol. The molecule has 2 aromatic rings. The molecule has 1 N–H and O–H groups in total. The highest BCUT2D eigenvalue weighted by Crippen LogP contribution is 2.25. The second kappa shape index (κ2) is 6.31. The molecule has 20 heavy (non-hydrogen) atoms. The quantitative estimate of drug-likeness (QED) is 0.901. The summed E-state index contributed by atoms with van der Waals surface area (Å²) in [6, 6.07) is 4.69. The lowest BCUT2D eigenvalue weighted by molar-refractivity contribution is 0.627. The van der Waals surface area contributed by atoms with Crippen molar-refractivity contribution in [1.29, 1.82) is 0 Å². The van der Waals surface area contributed by atoms with Gasteiger partial charge in [0.1, 0.15) is 11.6 Å². The van der Waals surface area contributed by atoms with E-state index < -0.39 is 0 Å². The summed E-state index contributed by atoms with van der Waals surface area (Å²) >= 11 is 3.30. The molecule has 2 rings (SSSR count). The van der Waals surface area contributed by atoms with Crippen molar-refractivity contribution in [3.05, 3.63) is 39.7 Å².